The normalized spacial score (nSPS) is 13.8. The Morgan fingerprint density at radius 2 is 1.79 bits per heavy atom. The predicted octanol–water partition coefficient (Wildman–Crippen LogP) is 1.57. The zero-order valence-corrected chi connectivity index (χ0v) is 23.8. The molecule has 4 aromatic rings. The third-order valence-electron chi connectivity index (χ3n) is 7.13. The molecule has 0 saturated heterocycles. The average molecular weight is 645 g/mol. The van der Waals surface area contributed by atoms with Gasteiger partial charge in [0.25, 0.3) is 0 Å². The third kappa shape index (κ3) is 4.44. The van der Waals surface area contributed by atoms with Gasteiger partial charge in [0.15, 0.2) is 41.5 Å². The topological polar surface area (TPSA) is 83.9 Å². The molecule has 3 heterocycles. The van der Waals surface area contributed by atoms with Gasteiger partial charge in [-0.05, 0) is 47.5 Å². The summed E-state index contributed by atoms with van der Waals surface area (Å²) in [6.45, 7) is 0.905. The first-order valence-electron chi connectivity index (χ1n) is 12.0. The van der Waals surface area contributed by atoms with E-state index in [1.807, 2.05) is 36.4 Å². The molecule has 1 unspecified atom stereocenters. The summed E-state index contributed by atoms with van der Waals surface area (Å²) in [7, 11) is 3.22. The van der Waals surface area contributed by atoms with Crippen LogP contribution in [0.5, 0.6) is 23.0 Å². The summed E-state index contributed by atoms with van der Waals surface area (Å²) in [5.41, 5.74) is 11.4. The van der Waals surface area contributed by atoms with Crippen molar-refractivity contribution in [2.24, 2.45) is 5.73 Å². The Balaban J connectivity index is 0.00000294. The molecule has 2 N–H and O–H groups in total. The molecular weight excluding hydrogens is 619 g/mol. The number of hydrogen-bond acceptors (Lipinski definition) is 6. The molecule has 9 heteroatoms. The molecule has 0 spiro atoms. The Morgan fingerprint density at radius 1 is 1.05 bits per heavy atom. The molecule has 0 aliphatic carbocycles. The second-order valence-corrected chi connectivity index (χ2v) is 9.64. The molecule has 7 nitrogen and oxygen atoms in total. The average Bonchev–Trinajstić information content (AvgIpc) is 3.38. The van der Waals surface area contributed by atoms with Crippen LogP contribution in [0.2, 0.25) is 5.02 Å². The number of benzene rings is 3. The largest absolute Gasteiger partial charge is 1.00 e. The minimum absolute atomic E-state index is 0. The summed E-state index contributed by atoms with van der Waals surface area (Å²) in [5.74, 6) is 2.54. The van der Waals surface area contributed by atoms with Gasteiger partial charge in [-0.3, -0.25) is 4.79 Å². The highest BCUT2D eigenvalue weighted by molar-refractivity contribution is 6.30. The monoisotopic (exact) mass is 644 g/mol. The van der Waals surface area contributed by atoms with Gasteiger partial charge >= 0.3 is 0 Å². The van der Waals surface area contributed by atoms with Crippen molar-refractivity contribution in [3.8, 4) is 34.3 Å². The van der Waals surface area contributed by atoms with E-state index in [0.717, 1.165) is 50.9 Å². The summed E-state index contributed by atoms with van der Waals surface area (Å²) >= 11 is 6.04. The van der Waals surface area contributed by atoms with Crippen LogP contribution in [0.15, 0.2) is 54.7 Å². The van der Waals surface area contributed by atoms with Gasteiger partial charge in [-0.15, -0.1) is 0 Å². The van der Waals surface area contributed by atoms with Gasteiger partial charge in [-0.1, -0.05) is 23.7 Å². The first-order valence-corrected chi connectivity index (χ1v) is 12.4. The molecule has 38 heavy (non-hydrogen) atoms. The van der Waals surface area contributed by atoms with Crippen molar-refractivity contribution in [3.63, 3.8) is 0 Å². The Bertz CT molecular complexity index is 1560. The number of halogens is 2. The Labute approximate surface area is 242 Å². The number of aryl methyl sites for hydroxylation is 2. The van der Waals surface area contributed by atoms with Gasteiger partial charge in [0.05, 0.1) is 36.8 Å². The highest BCUT2D eigenvalue weighted by Crippen LogP contribution is 2.45. The van der Waals surface area contributed by atoms with Crippen LogP contribution in [-0.4, -0.2) is 26.8 Å². The highest BCUT2D eigenvalue weighted by Gasteiger charge is 2.36. The number of aromatic nitrogens is 1. The summed E-state index contributed by atoms with van der Waals surface area (Å²) in [4.78, 5) is 13.6. The Hall–Kier alpha value is -3.08. The van der Waals surface area contributed by atoms with Crippen LogP contribution in [0, 0.1) is 0 Å². The minimum atomic E-state index is -0.880. The zero-order valence-electron chi connectivity index (χ0n) is 20.9. The van der Waals surface area contributed by atoms with Gasteiger partial charge in [0.1, 0.15) is 0 Å². The highest BCUT2D eigenvalue weighted by atomic mass is 127. The lowest BCUT2D eigenvalue weighted by molar-refractivity contribution is -0.686. The fourth-order valence-corrected chi connectivity index (χ4v) is 5.46. The standard InChI is InChI=1S/C29H26ClN2O5.HI/c1-34-23-8-7-19-21(29(23)35-2)14-32-10-9-17-12-24-25(37-15-36-24)13-20(17)28(32)26(19)27(31)22(33)11-16-3-5-18(30)6-4-16;/h3-8,12-14,27H,9-11,15,31H2,1-2H3;1H/q+1;/p-1. The van der Waals surface area contributed by atoms with E-state index >= 15 is 0 Å². The molecule has 0 radical (unpaired) electrons. The molecule has 6 rings (SSSR count). The Morgan fingerprint density at radius 3 is 2.50 bits per heavy atom. The van der Waals surface area contributed by atoms with Crippen LogP contribution in [0.25, 0.3) is 22.0 Å². The molecule has 0 fully saturated rings. The second kappa shape index (κ2) is 10.6. The van der Waals surface area contributed by atoms with E-state index in [4.69, 9.17) is 36.3 Å². The quantitative estimate of drug-likeness (QED) is 0.254. The van der Waals surface area contributed by atoms with E-state index in [-0.39, 0.29) is 43.0 Å². The SMILES string of the molecule is COc1ccc2c(C(N)C(=O)Cc3ccc(Cl)cc3)c3[n+](cc2c1OC)CCc1cc2c(cc1-3)OCO2.[I-]. The van der Waals surface area contributed by atoms with E-state index in [1.54, 1.807) is 26.4 Å². The Kier molecular flexibility index (Phi) is 7.39. The lowest BCUT2D eigenvalue weighted by Gasteiger charge is -2.23. The van der Waals surface area contributed by atoms with Gasteiger partial charge in [-0.2, -0.15) is 4.57 Å². The third-order valence-corrected chi connectivity index (χ3v) is 7.38. The number of nitrogens with zero attached hydrogens (tertiary/aromatic N) is 1. The lowest BCUT2D eigenvalue weighted by atomic mass is 9.86. The number of rotatable bonds is 6. The lowest BCUT2D eigenvalue weighted by Crippen LogP contribution is -3.00. The van der Waals surface area contributed by atoms with Gasteiger partial charge in [0, 0.05) is 23.3 Å². The number of fused-ring (bicyclic) bond motifs is 5. The number of methoxy groups -OCH3 is 2. The number of pyridine rings is 1. The van der Waals surface area contributed by atoms with Crippen LogP contribution >= 0.6 is 11.6 Å². The van der Waals surface area contributed by atoms with E-state index in [9.17, 15) is 4.79 Å². The predicted molar refractivity (Wildman–Crippen MR) is 140 cm³/mol. The van der Waals surface area contributed by atoms with Crippen molar-refractivity contribution in [2.75, 3.05) is 21.0 Å². The summed E-state index contributed by atoms with van der Waals surface area (Å²) < 4.78 is 24.8. The minimum Gasteiger partial charge on any atom is -1.00 e. The van der Waals surface area contributed by atoms with Gasteiger partial charge in [-0.25, -0.2) is 0 Å². The number of ketones is 1. The summed E-state index contributed by atoms with van der Waals surface area (Å²) in [6.07, 6.45) is 3.05. The molecule has 0 saturated carbocycles. The van der Waals surface area contributed by atoms with Crippen molar-refractivity contribution < 1.29 is 52.3 Å². The molecule has 1 aromatic heterocycles. The number of nitrogens with two attached hydrogens (primary N) is 1. The van der Waals surface area contributed by atoms with Gasteiger partial charge < -0.3 is 48.7 Å². The molecule has 2 aliphatic rings. The molecular formula is C29H26ClIN2O5. The number of Topliss-reactive ketones (excluding diaryl/α,β-unsaturated/α-hetero) is 1. The molecule has 1 atom stereocenters. The van der Waals surface area contributed by atoms with Crippen LogP contribution < -0.4 is 53.2 Å². The second-order valence-electron chi connectivity index (χ2n) is 9.21. The van der Waals surface area contributed by atoms with E-state index in [1.165, 1.54) is 0 Å². The maximum atomic E-state index is 13.6. The summed E-state index contributed by atoms with van der Waals surface area (Å²) in [6, 6.07) is 14.2. The number of carbonyl (C=O) groups excluding carboxylic acids is 1. The fraction of sp³-hybridized carbons (Fsp3) is 0.241. The molecule has 2 aliphatic heterocycles. The number of ether oxygens (including phenoxy) is 4. The van der Waals surface area contributed by atoms with E-state index in [0.29, 0.717) is 28.8 Å². The van der Waals surface area contributed by atoms with Crippen LogP contribution in [-0.2, 0) is 24.2 Å². The van der Waals surface area contributed by atoms with E-state index in [2.05, 4.69) is 10.8 Å². The smallest absolute Gasteiger partial charge is 0.231 e. The number of hydrogen-bond donors (Lipinski definition) is 1. The van der Waals surface area contributed by atoms with Crippen LogP contribution in [0.1, 0.15) is 22.7 Å². The van der Waals surface area contributed by atoms with Crippen molar-refractivity contribution >= 4 is 28.2 Å². The van der Waals surface area contributed by atoms with E-state index < -0.39 is 6.04 Å². The van der Waals surface area contributed by atoms with Crippen LogP contribution in [0.4, 0.5) is 0 Å². The fourth-order valence-electron chi connectivity index (χ4n) is 5.33. The number of carbonyl (C=O) groups is 1. The first kappa shape index (κ1) is 26.5. The van der Waals surface area contributed by atoms with Crippen LogP contribution in [0.3, 0.4) is 0 Å². The van der Waals surface area contributed by atoms with Crippen molar-refractivity contribution in [2.45, 2.75) is 25.4 Å². The molecule has 0 bridgehead atoms. The first-order chi connectivity index (χ1) is 18.0. The molecule has 196 valence electrons. The maximum absolute atomic E-state index is 13.6. The van der Waals surface area contributed by atoms with Crippen molar-refractivity contribution in [3.05, 3.63) is 76.4 Å². The van der Waals surface area contributed by atoms with Crippen molar-refractivity contribution in [1.29, 1.82) is 0 Å². The maximum Gasteiger partial charge on any atom is 0.231 e. The zero-order chi connectivity index (χ0) is 25.7. The van der Waals surface area contributed by atoms with Crippen molar-refractivity contribution in [1.82, 2.24) is 0 Å². The summed E-state index contributed by atoms with van der Waals surface area (Å²) in [5, 5.41) is 2.29. The molecule has 3 aromatic carbocycles. The molecule has 0 amide bonds. The van der Waals surface area contributed by atoms with Gasteiger partial charge in [0.2, 0.25) is 12.5 Å².